The fourth-order valence-corrected chi connectivity index (χ4v) is 7.98. The largest absolute Gasteiger partial charge is 0.489 e. The van der Waals surface area contributed by atoms with Crippen molar-refractivity contribution >= 4 is 11.7 Å². The Hall–Kier alpha value is -3.32. The molecule has 5 aliphatic rings. The first-order valence-corrected chi connectivity index (χ1v) is 14.3. The summed E-state index contributed by atoms with van der Waals surface area (Å²) in [5.74, 6) is 3.70. The number of aromatic nitrogens is 2. The van der Waals surface area contributed by atoms with E-state index in [1.807, 2.05) is 12.1 Å². The zero-order valence-electron chi connectivity index (χ0n) is 22.2. The Kier molecular flexibility index (Phi) is 6.34. The summed E-state index contributed by atoms with van der Waals surface area (Å²) in [4.78, 5) is 25.1. The second kappa shape index (κ2) is 10.0. The maximum absolute atomic E-state index is 13.6. The molecule has 1 amide bonds. The summed E-state index contributed by atoms with van der Waals surface area (Å²) in [6.07, 6.45) is 9.59. The van der Waals surface area contributed by atoms with Crippen molar-refractivity contribution in [3.63, 3.8) is 0 Å². The van der Waals surface area contributed by atoms with Crippen molar-refractivity contribution in [2.45, 2.75) is 64.6 Å². The summed E-state index contributed by atoms with van der Waals surface area (Å²) in [6, 6.07) is 14.5. The average Bonchev–Trinajstić information content (AvgIpc) is 2.93. The smallest absolute Gasteiger partial charge is 0.231 e. The van der Waals surface area contributed by atoms with E-state index in [2.05, 4.69) is 32.3 Å². The molecule has 7 heteroatoms. The number of hydrogen-bond acceptors (Lipinski definition) is 5. The normalized spacial score (nSPS) is 27.3. The minimum atomic E-state index is -0.242. The Morgan fingerprint density at radius 3 is 2.31 bits per heavy atom. The van der Waals surface area contributed by atoms with Crippen LogP contribution in [-0.2, 0) is 30.9 Å². The van der Waals surface area contributed by atoms with Crippen LogP contribution in [0, 0.1) is 29.0 Å². The summed E-state index contributed by atoms with van der Waals surface area (Å²) >= 11 is 0. The van der Waals surface area contributed by atoms with Gasteiger partial charge in [0.25, 0.3) is 0 Å². The molecule has 0 spiro atoms. The number of amides is 1. The fraction of sp³-hybridized carbons (Fsp3) is 0.469. The molecule has 0 atom stereocenters. The Balaban J connectivity index is 0.969. The average molecular weight is 527 g/mol. The number of rotatable bonds is 7. The third-order valence-corrected chi connectivity index (χ3v) is 9.49. The highest BCUT2D eigenvalue weighted by molar-refractivity contribution is 5.95. The van der Waals surface area contributed by atoms with E-state index in [0.29, 0.717) is 6.61 Å². The van der Waals surface area contributed by atoms with Crippen LogP contribution in [0.5, 0.6) is 5.75 Å². The molecule has 2 heterocycles. The monoisotopic (exact) mass is 526 g/mol. The number of benzene rings is 2. The molecule has 4 fully saturated rings. The Labute approximate surface area is 229 Å². The number of hydrogen-bond donors (Lipinski definition) is 1. The minimum absolute atomic E-state index is 0.178. The van der Waals surface area contributed by atoms with E-state index in [9.17, 15) is 9.18 Å². The number of anilines is 1. The quantitative estimate of drug-likeness (QED) is 0.415. The molecule has 4 bridgehead atoms. The first kappa shape index (κ1) is 24.7. The number of fused-ring (bicyclic) bond motifs is 1. The molecule has 0 radical (unpaired) electrons. The van der Waals surface area contributed by atoms with Crippen molar-refractivity contribution in [3.05, 3.63) is 83.1 Å². The SMILES string of the molecule is O=C(Nc1ncnc2c1CCN(Cc1ccc(OCc3ccc(F)cc3)cc1)C2)C12CC3CC(CC(C3)C1)C2. The number of nitrogens with one attached hydrogen (secondary N) is 1. The van der Waals surface area contributed by atoms with E-state index in [-0.39, 0.29) is 17.1 Å². The van der Waals surface area contributed by atoms with Crippen molar-refractivity contribution < 1.29 is 13.9 Å². The van der Waals surface area contributed by atoms with Crippen LogP contribution in [0.25, 0.3) is 0 Å². The van der Waals surface area contributed by atoms with E-state index in [0.717, 1.165) is 91.5 Å². The summed E-state index contributed by atoms with van der Waals surface area (Å²) in [6.45, 7) is 2.85. The molecule has 1 N–H and O–H groups in total. The molecular weight excluding hydrogens is 491 g/mol. The molecule has 1 aliphatic heterocycles. The number of halogens is 1. The van der Waals surface area contributed by atoms with E-state index in [4.69, 9.17) is 4.74 Å². The van der Waals surface area contributed by atoms with Gasteiger partial charge in [0.15, 0.2) is 0 Å². The topological polar surface area (TPSA) is 67.4 Å². The van der Waals surface area contributed by atoms with Gasteiger partial charge in [-0.2, -0.15) is 0 Å². The lowest BCUT2D eigenvalue weighted by Crippen LogP contribution is -2.52. The van der Waals surface area contributed by atoms with Crippen molar-refractivity contribution in [1.82, 2.24) is 14.9 Å². The minimum Gasteiger partial charge on any atom is -0.489 e. The highest BCUT2D eigenvalue weighted by atomic mass is 19.1. The first-order valence-electron chi connectivity index (χ1n) is 14.3. The lowest BCUT2D eigenvalue weighted by molar-refractivity contribution is -0.140. The Morgan fingerprint density at radius 2 is 1.62 bits per heavy atom. The van der Waals surface area contributed by atoms with Crippen molar-refractivity contribution in [2.24, 2.45) is 23.2 Å². The van der Waals surface area contributed by atoms with Crippen LogP contribution in [0.2, 0.25) is 0 Å². The molecule has 6 nitrogen and oxygen atoms in total. The second-order valence-electron chi connectivity index (χ2n) is 12.3. The lowest BCUT2D eigenvalue weighted by atomic mass is 9.49. The molecule has 0 saturated heterocycles. The van der Waals surface area contributed by atoms with Gasteiger partial charge in [0.05, 0.1) is 11.1 Å². The van der Waals surface area contributed by atoms with E-state index in [1.165, 1.54) is 37.0 Å². The van der Waals surface area contributed by atoms with Crippen LogP contribution in [-0.4, -0.2) is 27.3 Å². The van der Waals surface area contributed by atoms with Crippen LogP contribution in [0.15, 0.2) is 54.9 Å². The molecule has 0 unspecified atom stereocenters. The van der Waals surface area contributed by atoms with Gasteiger partial charge in [0, 0.05) is 25.2 Å². The summed E-state index contributed by atoms with van der Waals surface area (Å²) in [5, 5.41) is 3.28. The lowest BCUT2D eigenvalue weighted by Gasteiger charge is -2.55. The van der Waals surface area contributed by atoms with Gasteiger partial charge in [0.2, 0.25) is 5.91 Å². The van der Waals surface area contributed by atoms with Gasteiger partial charge in [-0.05, 0) is 98.1 Å². The number of ether oxygens (including phenoxy) is 1. The van der Waals surface area contributed by atoms with Crippen LogP contribution in [0.4, 0.5) is 10.2 Å². The predicted molar refractivity (Wildman–Crippen MR) is 146 cm³/mol. The van der Waals surface area contributed by atoms with Crippen LogP contribution in [0.3, 0.4) is 0 Å². The molecular formula is C32H35FN4O2. The maximum atomic E-state index is 13.6. The summed E-state index contributed by atoms with van der Waals surface area (Å²) in [5.41, 5.74) is 4.06. The third kappa shape index (κ3) is 5.05. The number of nitrogens with zero attached hydrogens (tertiary/aromatic N) is 3. The maximum Gasteiger partial charge on any atom is 0.231 e. The number of carbonyl (C=O) groups is 1. The molecule has 3 aromatic rings. The van der Waals surface area contributed by atoms with Gasteiger partial charge in [-0.3, -0.25) is 9.69 Å². The molecule has 202 valence electrons. The van der Waals surface area contributed by atoms with Gasteiger partial charge in [0.1, 0.15) is 30.3 Å². The van der Waals surface area contributed by atoms with Gasteiger partial charge in [-0.15, -0.1) is 0 Å². The van der Waals surface area contributed by atoms with Crippen molar-refractivity contribution in [3.8, 4) is 5.75 Å². The molecule has 4 aliphatic carbocycles. The van der Waals surface area contributed by atoms with Crippen molar-refractivity contribution in [1.29, 1.82) is 0 Å². The summed E-state index contributed by atoms with van der Waals surface area (Å²) < 4.78 is 19.0. The van der Waals surface area contributed by atoms with E-state index in [1.54, 1.807) is 18.5 Å². The van der Waals surface area contributed by atoms with Gasteiger partial charge in [-0.1, -0.05) is 24.3 Å². The second-order valence-corrected chi connectivity index (χ2v) is 12.3. The number of carbonyl (C=O) groups excluding carboxylic acids is 1. The highest BCUT2D eigenvalue weighted by Gasteiger charge is 2.54. The Bertz CT molecular complexity index is 1320. The van der Waals surface area contributed by atoms with Crippen molar-refractivity contribution in [2.75, 3.05) is 11.9 Å². The fourth-order valence-electron chi connectivity index (χ4n) is 7.98. The third-order valence-electron chi connectivity index (χ3n) is 9.49. The highest BCUT2D eigenvalue weighted by Crippen LogP contribution is 2.60. The zero-order chi connectivity index (χ0) is 26.4. The van der Waals surface area contributed by atoms with E-state index < -0.39 is 0 Å². The standard InChI is InChI=1S/C32H35FN4O2/c33-26-5-1-22(2-6-26)19-39-27-7-3-21(4-8-27)17-37-10-9-28-29(18-37)34-20-35-30(28)36-31(38)32-14-23-11-24(15-32)13-25(12-23)16-32/h1-8,20,23-25H,9-19H2,(H,34,35,36,38). The van der Waals surface area contributed by atoms with Gasteiger partial charge < -0.3 is 10.1 Å². The Morgan fingerprint density at radius 1 is 0.949 bits per heavy atom. The van der Waals surface area contributed by atoms with Crippen LogP contribution < -0.4 is 10.1 Å². The molecule has 39 heavy (non-hydrogen) atoms. The molecule has 1 aromatic heterocycles. The first-order chi connectivity index (χ1) is 19.0. The van der Waals surface area contributed by atoms with Crippen LogP contribution in [0.1, 0.15) is 60.9 Å². The van der Waals surface area contributed by atoms with Crippen LogP contribution >= 0.6 is 0 Å². The molecule has 4 saturated carbocycles. The van der Waals surface area contributed by atoms with Gasteiger partial charge >= 0.3 is 0 Å². The van der Waals surface area contributed by atoms with Gasteiger partial charge in [-0.25, -0.2) is 14.4 Å². The summed E-state index contributed by atoms with van der Waals surface area (Å²) in [7, 11) is 0. The van der Waals surface area contributed by atoms with E-state index >= 15 is 0 Å². The zero-order valence-corrected chi connectivity index (χ0v) is 22.2. The molecule has 8 rings (SSSR count). The molecule has 2 aromatic carbocycles. The predicted octanol–water partition coefficient (Wildman–Crippen LogP) is 5.91.